The molecular formula is C11H15F2N3. The number of likely N-dealkylation sites (tertiary alicyclic amines) is 1. The van der Waals surface area contributed by atoms with Crippen molar-refractivity contribution < 1.29 is 8.78 Å². The predicted molar refractivity (Wildman–Crippen MR) is 56.0 cm³/mol. The number of aromatic nitrogens is 2. The van der Waals surface area contributed by atoms with Crippen LogP contribution in [0.15, 0.2) is 18.5 Å². The lowest BCUT2D eigenvalue weighted by molar-refractivity contribution is -0.101. The van der Waals surface area contributed by atoms with Crippen LogP contribution in [0, 0.1) is 5.92 Å². The predicted octanol–water partition coefficient (Wildman–Crippen LogP) is 1.95. The van der Waals surface area contributed by atoms with Gasteiger partial charge in [0.25, 0.3) is 5.92 Å². The van der Waals surface area contributed by atoms with Crippen molar-refractivity contribution in [3.8, 4) is 0 Å². The SMILES string of the molecule is C[C@H]1CN(Cc2ncccn2)CCC1(F)F. The highest BCUT2D eigenvalue weighted by Gasteiger charge is 2.40. The van der Waals surface area contributed by atoms with E-state index in [4.69, 9.17) is 0 Å². The first kappa shape index (κ1) is 11.4. The van der Waals surface area contributed by atoms with E-state index in [1.807, 2.05) is 4.90 Å². The van der Waals surface area contributed by atoms with Crippen LogP contribution in [-0.2, 0) is 6.54 Å². The second-order valence-corrected chi connectivity index (χ2v) is 4.31. The monoisotopic (exact) mass is 227 g/mol. The number of nitrogens with zero attached hydrogens (tertiary/aromatic N) is 3. The number of piperidine rings is 1. The van der Waals surface area contributed by atoms with Crippen LogP contribution < -0.4 is 0 Å². The van der Waals surface area contributed by atoms with Gasteiger partial charge in [0, 0.05) is 37.8 Å². The zero-order chi connectivity index (χ0) is 11.6. The summed E-state index contributed by atoms with van der Waals surface area (Å²) in [4.78, 5) is 10.2. The second-order valence-electron chi connectivity index (χ2n) is 4.31. The highest BCUT2D eigenvalue weighted by molar-refractivity contribution is 4.91. The fraction of sp³-hybridized carbons (Fsp3) is 0.636. The Morgan fingerprint density at radius 1 is 1.44 bits per heavy atom. The molecule has 16 heavy (non-hydrogen) atoms. The molecule has 1 aliphatic rings. The summed E-state index contributed by atoms with van der Waals surface area (Å²) in [7, 11) is 0. The molecule has 0 saturated carbocycles. The van der Waals surface area contributed by atoms with Gasteiger partial charge in [-0.15, -0.1) is 0 Å². The zero-order valence-corrected chi connectivity index (χ0v) is 9.24. The summed E-state index contributed by atoms with van der Waals surface area (Å²) in [5.41, 5.74) is 0. The quantitative estimate of drug-likeness (QED) is 0.773. The van der Waals surface area contributed by atoms with Gasteiger partial charge in [0.2, 0.25) is 0 Å². The van der Waals surface area contributed by atoms with Gasteiger partial charge < -0.3 is 0 Å². The van der Waals surface area contributed by atoms with E-state index in [9.17, 15) is 8.78 Å². The Bertz CT molecular complexity index is 342. The maximum atomic E-state index is 13.3. The van der Waals surface area contributed by atoms with E-state index in [2.05, 4.69) is 9.97 Å². The minimum absolute atomic E-state index is 0.0685. The lowest BCUT2D eigenvalue weighted by Gasteiger charge is -2.36. The molecule has 2 heterocycles. The number of hydrogen-bond acceptors (Lipinski definition) is 3. The Morgan fingerprint density at radius 3 is 2.75 bits per heavy atom. The van der Waals surface area contributed by atoms with E-state index in [1.165, 1.54) is 0 Å². The maximum Gasteiger partial charge on any atom is 0.253 e. The van der Waals surface area contributed by atoms with Crippen LogP contribution in [0.3, 0.4) is 0 Å². The molecule has 1 atom stereocenters. The Labute approximate surface area is 93.5 Å². The van der Waals surface area contributed by atoms with Gasteiger partial charge in [-0.3, -0.25) is 4.90 Å². The van der Waals surface area contributed by atoms with Gasteiger partial charge in [-0.25, -0.2) is 18.7 Å². The van der Waals surface area contributed by atoms with E-state index in [0.29, 0.717) is 25.5 Å². The summed E-state index contributed by atoms with van der Waals surface area (Å²) in [6.45, 7) is 2.97. The van der Waals surface area contributed by atoms with Gasteiger partial charge >= 0.3 is 0 Å². The molecule has 0 amide bonds. The van der Waals surface area contributed by atoms with Gasteiger partial charge in [-0.1, -0.05) is 6.92 Å². The van der Waals surface area contributed by atoms with Crippen LogP contribution in [-0.4, -0.2) is 33.9 Å². The molecule has 0 N–H and O–H groups in total. The number of hydrogen-bond donors (Lipinski definition) is 0. The molecule has 1 fully saturated rings. The molecule has 3 nitrogen and oxygen atoms in total. The number of halogens is 2. The molecule has 1 saturated heterocycles. The third-order valence-corrected chi connectivity index (χ3v) is 3.00. The topological polar surface area (TPSA) is 29.0 Å². The minimum atomic E-state index is -2.52. The van der Waals surface area contributed by atoms with Crippen molar-refractivity contribution in [2.24, 2.45) is 5.92 Å². The van der Waals surface area contributed by atoms with Crippen molar-refractivity contribution in [2.75, 3.05) is 13.1 Å². The van der Waals surface area contributed by atoms with Gasteiger partial charge in [0.1, 0.15) is 5.82 Å². The zero-order valence-electron chi connectivity index (χ0n) is 9.24. The minimum Gasteiger partial charge on any atom is -0.295 e. The first-order valence-corrected chi connectivity index (χ1v) is 5.44. The van der Waals surface area contributed by atoms with E-state index < -0.39 is 11.8 Å². The second kappa shape index (κ2) is 4.41. The van der Waals surface area contributed by atoms with Gasteiger partial charge in [0.15, 0.2) is 0 Å². The van der Waals surface area contributed by atoms with Gasteiger partial charge in [-0.2, -0.15) is 0 Å². The fourth-order valence-electron chi connectivity index (χ4n) is 1.92. The first-order chi connectivity index (χ1) is 7.58. The third kappa shape index (κ3) is 2.52. The Balaban J connectivity index is 1.94. The van der Waals surface area contributed by atoms with Crippen molar-refractivity contribution in [3.05, 3.63) is 24.3 Å². The molecule has 0 radical (unpaired) electrons. The Morgan fingerprint density at radius 2 is 2.12 bits per heavy atom. The van der Waals surface area contributed by atoms with Crippen molar-refractivity contribution >= 4 is 0 Å². The third-order valence-electron chi connectivity index (χ3n) is 3.00. The molecule has 1 aliphatic heterocycles. The molecule has 1 aromatic rings. The van der Waals surface area contributed by atoms with Crippen molar-refractivity contribution in [3.63, 3.8) is 0 Å². The summed E-state index contributed by atoms with van der Waals surface area (Å²) >= 11 is 0. The van der Waals surface area contributed by atoms with Gasteiger partial charge in [0.05, 0.1) is 6.54 Å². The lowest BCUT2D eigenvalue weighted by atomic mass is 9.95. The smallest absolute Gasteiger partial charge is 0.253 e. The average Bonchev–Trinajstić information content (AvgIpc) is 2.26. The Hall–Kier alpha value is -1.10. The highest BCUT2D eigenvalue weighted by Crippen LogP contribution is 2.33. The molecule has 0 spiro atoms. The van der Waals surface area contributed by atoms with Crippen molar-refractivity contribution in [1.82, 2.24) is 14.9 Å². The number of alkyl halides is 2. The molecule has 88 valence electrons. The molecule has 0 bridgehead atoms. The standard InChI is InChI=1S/C11H15F2N3/c1-9-7-16(6-3-11(9,12)13)8-10-14-4-2-5-15-10/h2,4-5,9H,3,6-8H2,1H3/t9-/m0/s1. The summed E-state index contributed by atoms with van der Waals surface area (Å²) in [5, 5.41) is 0. The summed E-state index contributed by atoms with van der Waals surface area (Å²) < 4.78 is 26.5. The normalized spacial score (nSPS) is 25.6. The van der Waals surface area contributed by atoms with E-state index in [-0.39, 0.29) is 6.42 Å². The van der Waals surface area contributed by atoms with Crippen LogP contribution in [0.5, 0.6) is 0 Å². The molecule has 0 unspecified atom stereocenters. The fourth-order valence-corrected chi connectivity index (χ4v) is 1.92. The molecule has 0 aromatic carbocycles. The largest absolute Gasteiger partial charge is 0.295 e. The van der Waals surface area contributed by atoms with E-state index in [0.717, 1.165) is 0 Å². The van der Waals surface area contributed by atoms with Crippen LogP contribution >= 0.6 is 0 Å². The first-order valence-electron chi connectivity index (χ1n) is 5.44. The van der Waals surface area contributed by atoms with Crippen LogP contribution in [0.2, 0.25) is 0 Å². The molecule has 2 rings (SSSR count). The van der Waals surface area contributed by atoms with Crippen molar-refractivity contribution in [2.45, 2.75) is 25.8 Å². The summed E-state index contributed by atoms with van der Waals surface area (Å²) in [6, 6.07) is 1.75. The molecule has 0 aliphatic carbocycles. The van der Waals surface area contributed by atoms with E-state index >= 15 is 0 Å². The molecule has 5 heteroatoms. The number of rotatable bonds is 2. The Kier molecular flexibility index (Phi) is 3.14. The molecule has 1 aromatic heterocycles. The highest BCUT2D eigenvalue weighted by atomic mass is 19.3. The lowest BCUT2D eigenvalue weighted by Crippen LogP contribution is -2.45. The van der Waals surface area contributed by atoms with Crippen LogP contribution in [0.1, 0.15) is 19.2 Å². The average molecular weight is 227 g/mol. The van der Waals surface area contributed by atoms with Crippen LogP contribution in [0.25, 0.3) is 0 Å². The van der Waals surface area contributed by atoms with E-state index in [1.54, 1.807) is 25.4 Å². The summed E-state index contributed by atoms with van der Waals surface area (Å²) in [5.74, 6) is -2.42. The maximum absolute atomic E-state index is 13.3. The van der Waals surface area contributed by atoms with Crippen molar-refractivity contribution in [1.29, 1.82) is 0 Å². The molecular weight excluding hydrogens is 212 g/mol. The van der Waals surface area contributed by atoms with Gasteiger partial charge in [-0.05, 0) is 6.07 Å². The van der Waals surface area contributed by atoms with Crippen LogP contribution in [0.4, 0.5) is 8.78 Å². The summed E-state index contributed by atoms with van der Waals surface area (Å²) in [6.07, 6.45) is 3.27.